The first-order valence-corrected chi connectivity index (χ1v) is 12.0. The zero-order chi connectivity index (χ0) is 23.0. The van der Waals surface area contributed by atoms with Crippen molar-refractivity contribution in [3.05, 3.63) is 64.7 Å². The number of anilines is 2. The van der Waals surface area contributed by atoms with Gasteiger partial charge in [0.05, 0.1) is 4.92 Å². The summed E-state index contributed by atoms with van der Waals surface area (Å²) in [6, 6.07) is 17.0. The number of carbonyl (C=O) groups is 1. The lowest BCUT2D eigenvalue weighted by molar-refractivity contribution is -0.384. The minimum atomic E-state index is -0.360. The van der Waals surface area contributed by atoms with Crippen molar-refractivity contribution in [1.82, 2.24) is 10.6 Å². The fourth-order valence-corrected chi connectivity index (χ4v) is 4.97. The molecule has 176 valence electrons. The highest BCUT2D eigenvalue weighted by atomic mass is 16.6. The standard InChI is InChI=1S/C25H33N5O3/c31-25(27-19-7-2-1-3-8-19)28-24-11-5-4-10-23(24)26-20-9-6-17-29(18-16-20)21-12-14-22(15-13-21)30(32)33/h1-3,7-8,12-15,20,23-24,26H,4-6,9-11,16-18H2,(H2,27,28,31)/t20?,23-,24-/m1/s1. The predicted molar refractivity (Wildman–Crippen MR) is 131 cm³/mol. The summed E-state index contributed by atoms with van der Waals surface area (Å²) >= 11 is 0. The van der Waals surface area contributed by atoms with Gasteiger partial charge in [0.15, 0.2) is 0 Å². The summed E-state index contributed by atoms with van der Waals surface area (Å²) in [7, 11) is 0. The number of hydrogen-bond acceptors (Lipinski definition) is 5. The van der Waals surface area contributed by atoms with Crippen LogP contribution in [0.2, 0.25) is 0 Å². The van der Waals surface area contributed by atoms with Crippen molar-refractivity contribution in [3.8, 4) is 0 Å². The van der Waals surface area contributed by atoms with E-state index >= 15 is 0 Å². The highest BCUT2D eigenvalue weighted by molar-refractivity contribution is 5.89. The summed E-state index contributed by atoms with van der Waals surface area (Å²) in [5.74, 6) is 0. The first-order valence-electron chi connectivity index (χ1n) is 12.0. The van der Waals surface area contributed by atoms with E-state index in [2.05, 4.69) is 20.9 Å². The molecular weight excluding hydrogens is 418 g/mol. The van der Waals surface area contributed by atoms with Crippen LogP contribution in [0.4, 0.5) is 21.9 Å². The van der Waals surface area contributed by atoms with E-state index in [-0.39, 0.29) is 28.7 Å². The number of amides is 2. The number of nitrogens with one attached hydrogen (secondary N) is 3. The van der Waals surface area contributed by atoms with Crippen molar-refractivity contribution in [2.45, 2.75) is 63.1 Å². The summed E-state index contributed by atoms with van der Waals surface area (Å²) in [6.45, 7) is 1.86. The lowest BCUT2D eigenvalue weighted by atomic mass is 9.89. The molecule has 8 nitrogen and oxygen atoms in total. The van der Waals surface area contributed by atoms with Gasteiger partial charge in [-0.1, -0.05) is 31.0 Å². The summed E-state index contributed by atoms with van der Waals surface area (Å²) in [6.07, 6.45) is 7.53. The molecule has 0 radical (unpaired) electrons. The number of nitro benzene ring substituents is 1. The average molecular weight is 452 g/mol. The molecule has 0 bridgehead atoms. The zero-order valence-corrected chi connectivity index (χ0v) is 18.9. The molecule has 3 atom stereocenters. The Morgan fingerprint density at radius 3 is 2.33 bits per heavy atom. The number of rotatable bonds is 6. The summed E-state index contributed by atoms with van der Waals surface area (Å²) < 4.78 is 0. The van der Waals surface area contributed by atoms with Gasteiger partial charge in [-0.05, 0) is 56.4 Å². The highest BCUT2D eigenvalue weighted by Gasteiger charge is 2.29. The molecule has 1 saturated heterocycles. The molecule has 4 rings (SSSR count). The molecule has 2 aromatic carbocycles. The molecule has 2 aliphatic rings. The Kier molecular flexibility index (Phi) is 7.78. The van der Waals surface area contributed by atoms with Crippen molar-refractivity contribution >= 4 is 23.1 Å². The van der Waals surface area contributed by atoms with Crippen LogP contribution in [-0.2, 0) is 0 Å². The molecule has 2 fully saturated rings. The molecule has 8 heteroatoms. The van der Waals surface area contributed by atoms with Crippen LogP contribution in [0.15, 0.2) is 54.6 Å². The molecule has 1 aliphatic heterocycles. The van der Waals surface area contributed by atoms with Crippen molar-refractivity contribution in [2.75, 3.05) is 23.3 Å². The third-order valence-electron chi connectivity index (χ3n) is 6.72. The van der Waals surface area contributed by atoms with Crippen molar-refractivity contribution < 1.29 is 9.72 Å². The molecule has 3 N–H and O–H groups in total. The molecule has 1 saturated carbocycles. The molecule has 0 aromatic heterocycles. The van der Waals surface area contributed by atoms with Gasteiger partial charge in [-0.3, -0.25) is 10.1 Å². The van der Waals surface area contributed by atoms with Crippen LogP contribution in [0, 0.1) is 10.1 Å². The first-order chi connectivity index (χ1) is 16.1. The van der Waals surface area contributed by atoms with Crippen LogP contribution in [-0.4, -0.2) is 42.2 Å². The van der Waals surface area contributed by atoms with E-state index < -0.39 is 0 Å². The van der Waals surface area contributed by atoms with E-state index in [1.165, 1.54) is 6.42 Å². The molecule has 1 unspecified atom stereocenters. The Hall–Kier alpha value is -3.13. The number of para-hydroxylation sites is 1. The molecule has 1 heterocycles. The quantitative estimate of drug-likeness (QED) is 0.438. The van der Waals surface area contributed by atoms with Gasteiger partial charge in [0.2, 0.25) is 0 Å². The number of non-ortho nitro benzene ring substituents is 1. The van der Waals surface area contributed by atoms with Crippen LogP contribution in [0.1, 0.15) is 44.9 Å². The second-order valence-corrected chi connectivity index (χ2v) is 9.02. The minimum Gasteiger partial charge on any atom is -0.371 e. The SMILES string of the molecule is O=C(Nc1ccccc1)N[C@@H]1CCCC[C@H]1NC1CCCN(c2ccc([N+](=O)[O-])cc2)CC1. The van der Waals surface area contributed by atoms with Crippen molar-refractivity contribution in [3.63, 3.8) is 0 Å². The zero-order valence-electron chi connectivity index (χ0n) is 18.9. The maximum atomic E-state index is 12.5. The van der Waals surface area contributed by atoms with E-state index in [1.54, 1.807) is 12.1 Å². The number of nitro groups is 1. The molecular formula is C25H33N5O3. The largest absolute Gasteiger partial charge is 0.371 e. The Morgan fingerprint density at radius 2 is 1.61 bits per heavy atom. The fourth-order valence-electron chi connectivity index (χ4n) is 4.97. The molecule has 2 amide bonds. The smallest absolute Gasteiger partial charge is 0.319 e. The number of benzene rings is 2. The van der Waals surface area contributed by atoms with Gasteiger partial charge in [-0.2, -0.15) is 0 Å². The average Bonchev–Trinajstić information content (AvgIpc) is 3.06. The van der Waals surface area contributed by atoms with Crippen LogP contribution in [0.3, 0.4) is 0 Å². The van der Waals surface area contributed by atoms with Crippen molar-refractivity contribution in [1.29, 1.82) is 0 Å². The minimum absolute atomic E-state index is 0.122. The van der Waals surface area contributed by atoms with Gasteiger partial charge in [0.1, 0.15) is 0 Å². The predicted octanol–water partition coefficient (Wildman–Crippen LogP) is 4.68. The first kappa shape index (κ1) is 23.0. The Bertz CT molecular complexity index is 921. The number of nitrogens with zero attached hydrogens (tertiary/aromatic N) is 2. The maximum Gasteiger partial charge on any atom is 0.319 e. The maximum absolute atomic E-state index is 12.5. The number of hydrogen-bond donors (Lipinski definition) is 3. The number of carbonyl (C=O) groups excluding carboxylic acids is 1. The third kappa shape index (κ3) is 6.44. The van der Waals surface area contributed by atoms with Gasteiger partial charge in [0.25, 0.3) is 5.69 Å². The highest BCUT2D eigenvalue weighted by Crippen LogP contribution is 2.25. The monoisotopic (exact) mass is 451 g/mol. The summed E-state index contributed by atoms with van der Waals surface area (Å²) in [5, 5.41) is 20.9. The second kappa shape index (κ2) is 11.1. The molecule has 2 aromatic rings. The van der Waals surface area contributed by atoms with Gasteiger partial charge in [-0.25, -0.2) is 4.79 Å². The van der Waals surface area contributed by atoms with Crippen molar-refractivity contribution in [2.24, 2.45) is 0 Å². The Balaban J connectivity index is 1.30. The van der Waals surface area contributed by atoms with Gasteiger partial charge >= 0.3 is 6.03 Å². The molecule has 33 heavy (non-hydrogen) atoms. The molecule has 1 aliphatic carbocycles. The number of urea groups is 1. The normalized spacial score (nSPS) is 23.4. The third-order valence-corrected chi connectivity index (χ3v) is 6.72. The van der Waals surface area contributed by atoms with E-state index in [0.717, 1.165) is 63.0 Å². The van der Waals surface area contributed by atoms with Gasteiger partial charge < -0.3 is 20.9 Å². The van der Waals surface area contributed by atoms with E-state index in [4.69, 9.17) is 0 Å². The van der Waals surface area contributed by atoms with Crippen LogP contribution in [0.25, 0.3) is 0 Å². The van der Waals surface area contributed by atoms with Gasteiger partial charge in [0, 0.05) is 54.7 Å². The van der Waals surface area contributed by atoms with Crippen LogP contribution in [0.5, 0.6) is 0 Å². The second-order valence-electron chi connectivity index (χ2n) is 9.02. The van der Waals surface area contributed by atoms with E-state index in [1.807, 2.05) is 42.5 Å². The Morgan fingerprint density at radius 1 is 0.879 bits per heavy atom. The lowest BCUT2D eigenvalue weighted by Crippen LogP contribution is -2.55. The topological polar surface area (TPSA) is 99.5 Å². The lowest BCUT2D eigenvalue weighted by Gasteiger charge is -2.35. The van der Waals surface area contributed by atoms with Gasteiger partial charge in [-0.15, -0.1) is 0 Å². The Labute approximate surface area is 194 Å². The fraction of sp³-hybridized carbons (Fsp3) is 0.480. The summed E-state index contributed by atoms with van der Waals surface area (Å²) in [5.41, 5.74) is 1.96. The summed E-state index contributed by atoms with van der Waals surface area (Å²) in [4.78, 5) is 25.4. The van der Waals surface area contributed by atoms with Crippen LogP contribution >= 0.6 is 0 Å². The molecule has 0 spiro atoms. The van der Waals surface area contributed by atoms with E-state index in [0.29, 0.717) is 6.04 Å². The van der Waals surface area contributed by atoms with Crippen LogP contribution < -0.4 is 20.9 Å². The van der Waals surface area contributed by atoms with E-state index in [9.17, 15) is 14.9 Å².